The average molecular weight is 228 g/mol. The van der Waals surface area contributed by atoms with Crippen LogP contribution in [0, 0.1) is 0 Å². The van der Waals surface area contributed by atoms with Gasteiger partial charge in [0.2, 0.25) is 0 Å². The van der Waals surface area contributed by atoms with Gasteiger partial charge in [0.25, 0.3) is 0 Å². The molecule has 2 aromatic rings. The Hall–Kier alpha value is -1.06. The molecule has 2 rings (SSSR count). The lowest BCUT2D eigenvalue weighted by molar-refractivity contribution is 0.415. The predicted octanol–water partition coefficient (Wildman–Crippen LogP) is 3.24. The minimum Gasteiger partial charge on any atom is -0.497 e. The van der Waals surface area contributed by atoms with Crippen molar-refractivity contribution in [2.75, 3.05) is 7.11 Å². The molecule has 1 heterocycles. The highest BCUT2D eigenvalue weighted by Gasteiger charge is 1.99. The number of methoxy groups -OCH3 is 1. The van der Waals surface area contributed by atoms with Crippen LogP contribution in [0.15, 0.2) is 35.8 Å². The van der Waals surface area contributed by atoms with Gasteiger partial charge in [0.1, 0.15) is 10.8 Å². The Morgan fingerprint density at radius 2 is 1.93 bits per heavy atom. The number of aromatic nitrogens is 1. The SMILES string of the molecule is COc1ccc(-c2nccs2)cc1.Cl. The highest BCUT2D eigenvalue weighted by molar-refractivity contribution is 7.13. The van der Waals surface area contributed by atoms with E-state index in [9.17, 15) is 0 Å². The molecule has 1 aromatic carbocycles. The lowest BCUT2D eigenvalue weighted by Gasteiger charge is -1.99. The van der Waals surface area contributed by atoms with Crippen LogP contribution in [0.2, 0.25) is 0 Å². The van der Waals surface area contributed by atoms with Crippen molar-refractivity contribution < 1.29 is 4.74 Å². The quantitative estimate of drug-likeness (QED) is 0.786. The van der Waals surface area contributed by atoms with Gasteiger partial charge in [-0.15, -0.1) is 23.7 Å². The van der Waals surface area contributed by atoms with E-state index < -0.39 is 0 Å². The van der Waals surface area contributed by atoms with E-state index in [2.05, 4.69) is 4.98 Å². The molecule has 4 heteroatoms. The Morgan fingerprint density at radius 1 is 1.21 bits per heavy atom. The molecule has 0 radical (unpaired) electrons. The lowest BCUT2D eigenvalue weighted by Crippen LogP contribution is -1.81. The van der Waals surface area contributed by atoms with Crippen molar-refractivity contribution in [2.24, 2.45) is 0 Å². The number of hydrogen-bond acceptors (Lipinski definition) is 3. The molecule has 0 saturated carbocycles. The molecule has 0 atom stereocenters. The number of halogens is 1. The fourth-order valence-electron chi connectivity index (χ4n) is 1.10. The van der Waals surface area contributed by atoms with Crippen molar-refractivity contribution in [3.8, 4) is 16.3 Å². The van der Waals surface area contributed by atoms with Gasteiger partial charge >= 0.3 is 0 Å². The molecule has 0 aliphatic carbocycles. The summed E-state index contributed by atoms with van der Waals surface area (Å²) in [6.45, 7) is 0. The highest BCUT2D eigenvalue weighted by Crippen LogP contribution is 2.23. The second-order valence-electron chi connectivity index (χ2n) is 2.57. The first-order chi connectivity index (χ1) is 6.40. The molecule has 0 aliphatic rings. The highest BCUT2D eigenvalue weighted by atomic mass is 35.5. The largest absolute Gasteiger partial charge is 0.497 e. The zero-order valence-corrected chi connectivity index (χ0v) is 9.27. The van der Waals surface area contributed by atoms with Crippen LogP contribution in [-0.2, 0) is 0 Å². The maximum atomic E-state index is 5.07. The Morgan fingerprint density at radius 3 is 2.43 bits per heavy atom. The molecule has 0 bridgehead atoms. The van der Waals surface area contributed by atoms with Gasteiger partial charge in [0.05, 0.1) is 7.11 Å². The second kappa shape index (κ2) is 4.98. The summed E-state index contributed by atoms with van der Waals surface area (Å²) < 4.78 is 5.07. The van der Waals surface area contributed by atoms with Crippen LogP contribution in [0.3, 0.4) is 0 Å². The van der Waals surface area contributed by atoms with Gasteiger partial charge in [0.15, 0.2) is 0 Å². The minimum absolute atomic E-state index is 0. The van der Waals surface area contributed by atoms with E-state index in [0.717, 1.165) is 16.3 Å². The average Bonchev–Trinajstić information content (AvgIpc) is 2.71. The Kier molecular flexibility index (Phi) is 3.92. The van der Waals surface area contributed by atoms with Crippen molar-refractivity contribution >= 4 is 23.7 Å². The molecule has 0 unspecified atom stereocenters. The van der Waals surface area contributed by atoms with Gasteiger partial charge in [0, 0.05) is 17.1 Å². The van der Waals surface area contributed by atoms with Gasteiger partial charge in [-0.2, -0.15) is 0 Å². The number of benzene rings is 1. The van der Waals surface area contributed by atoms with Crippen LogP contribution in [-0.4, -0.2) is 12.1 Å². The summed E-state index contributed by atoms with van der Waals surface area (Å²) in [6, 6.07) is 7.91. The second-order valence-corrected chi connectivity index (χ2v) is 3.46. The van der Waals surface area contributed by atoms with Crippen LogP contribution in [0.1, 0.15) is 0 Å². The summed E-state index contributed by atoms with van der Waals surface area (Å²) in [5, 5.41) is 3.02. The molecule has 0 fully saturated rings. The first-order valence-corrected chi connectivity index (χ1v) is 4.82. The molecule has 0 amide bonds. The van der Waals surface area contributed by atoms with E-state index in [0.29, 0.717) is 0 Å². The number of hydrogen-bond donors (Lipinski definition) is 0. The summed E-state index contributed by atoms with van der Waals surface area (Å²) in [5.41, 5.74) is 1.14. The van der Waals surface area contributed by atoms with Crippen molar-refractivity contribution in [1.82, 2.24) is 4.98 Å². The number of thiazole rings is 1. The third-order valence-corrected chi connectivity index (χ3v) is 2.59. The molecular weight excluding hydrogens is 218 g/mol. The Bertz CT molecular complexity index is 372. The zero-order valence-electron chi connectivity index (χ0n) is 7.64. The Balaban J connectivity index is 0.000000980. The van der Waals surface area contributed by atoms with Gasteiger partial charge in [-0.1, -0.05) is 0 Å². The van der Waals surface area contributed by atoms with Gasteiger partial charge in [-0.05, 0) is 24.3 Å². The molecule has 74 valence electrons. The van der Waals surface area contributed by atoms with Crippen molar-refractivity contribution in [2.45, 2.75) is 0 Å². The zero-order chi connectivity index (χ0) is 9.10. The fraction of sp³-hybridized carbons (Fsp3) is 0.100. The summed E-state index contributed by atoms with van der Waals surface area (Å²) in [5.74, 6) is 0.875. The predicted molar refractivity (Wildman–Crippen MR) is 61.4 cm³/mol. The minimum atomic E-state index is 0. The molecule has 0 spiro atoms. The van der Waals surface area contributed by atoms with Gasteiger partial charge in [-0.3, -0.25) is 0 Å². The third kappa shape index (κ3) is 2.25. The van der Waals surface area contributed by atoms with E-state index in [1.54, 1.807) is 18.4 Å². The van der Waals surface area contributed by atoms with Crippen LogP contribution in [0.4, 0.5) is 0 Å². The molecule has 0 saturated heterocycles. The maximum absolute atomic E-state index is 5.07. The van der Waals surface area contributed by atoms with Crippen LogP contribution < -0.4 is 4.74 Å². The third-order valence-electron chi connectivity index (χ3n) is 1.77. The van der Waals surface area contributed by atoms with E-state index in [4.69, 9.17) is 4.74 Å². The molecule has 0 N–H and O–H groups in total. The Labute approximate surface area is 93.0 Å². The standard InChI is InChI=1S/C10H9NOS.ClH/c1-12-9-4-2-8(3-5-9)10-11-6-7-13-10;/h2-7H,1H3;1H. The van der Waals surface area contributed by atoms with Gasteiger partial charge in [-0.25, -0.2) is 4.98 Å². The summed E-state index contributed by atoms with van der Waals surface area (Å²) in [7, 11) is 1.67. The molecule has 1 aromatic heterocycles. The van der Waals surface area contributed by atoms with Crippen molar-refractivity contribution in [3.05, 3.63) is 35.8 Å². The number of rotatable bonds is 2. The number of nitrogens with zero attached hydrogens (tertiary/aromatic N) is 1. The molecule has 0 aliphatic heterocycles. The summed E-state index contributed by atoms with van der Waals surface area (Å²) >= 11 is 1.64. The van der Waals surface area contributed by atoms with Gasteiger partial charge < -0.3 is 4.74 Å². The first kappa shape index (κ1) is 11.0. The van der Waals surface area contributed by atoms with E-state index in [-0.39, 0.29) is 12.4 Å². The monoisotopic (exact) mass is 227 g/mol. The van der Waals surface area contributed by atoms with Crippen LogP contribution in [0.5, 0.6) is 5.75 Å². The lowest BCUT2D eigenvalue weighted by atomic mass is 10.2. The molecule has 14 heavy (non-hydrogen) atoms. The van der Waals surface area contributed by atoms with E-state index in [1.807, 2.05) is 35.8 Å². The summed E-state index contributed by atoms with van der Waals surface area (Å²) in [4.78, 5) is 4.22. The fourth-order valence-corrected chi connectivity index (χ4v) is 1.74. The first-order valence-electron chi connectivity index (χ1n) is 3.94. The van der Waals surface area contributed by atoms with E-state index in [1.165, 1.54) is 0 Å². The normalized spacial score (nSPS) is 9.21. The summed E-state index contributed by atoms with van der Waals surface area (Å²) in [6.07, 6.45) is 1.81. The van der Waals surface area contributed by atoms with Crippen LogP contribution >= 0.6 is 23.7 Å². The number of ether oxygens (including phenoxy) is 1. The van der Waals surface area contributed by atoms with Crippen LogP contribution in [0.25, 0.3) is 10.6 Å². The van der Waals surface area contributed by atoms with E-state index >= 15 is 0 Å². The maximum Gasteiger partial charge on any atom is 0.123 e. The van der Waals surface area contributed by atoms with Crippen molar-refractivity contribution in [1.29, 1.82) is 0 Å². The topological polar surface area (TPSA) is 22.1 Å². The molecular formula is C10H10ClNOS. The van der Waals surface area contributed by atoms with Crippen molar-refractivity contribution in [3.63, 3.8) is 0 Å². The molecule has 2 nitrogen and oxygen atoms in total. The smallest absolute Gasteiger partial charge is 0.123 e.